The number of nitrogens with one attached hydrogen (secondary N) is 2. The van der Waals surface area contributed by atoms with Gasteiger partial charge in [0.05, 0.1) is 25.4 Å². The summed E-state index contributed by atoms with van der Waals surface area (Å²) in [5, 5.41) is 5.29. The molecule has 0 aliphatic rings. The van der Waals surface area contributed by atoms with Gasteiger partial charge in [0.25, 0.3) is 0 Å². The Labute approximate surface area is 124 Å². The molecule has 7 heteroatoms. The Morgan fingerprint density at radius 1 is 1.43 bits per heavy atom. The topological polar surface area (TPSA) is 96.7 Å². The number of hydrogen-bond donors (Lipinski definition) is 3. The monoisotopic (exact) mass is 294 g/mol. The molecule has 0 heterocycles. The van der Waals surface area contributed by atoms with Gasteiger partial charge >= 0.3 is 0 Å². The van der Waals surface area contributed by atoms with Gasteiger partial charge in [-0.25, -0.2) is 0 Å². The number of ether oxygens (including phenoxy) is 1. The van der Waals surface area contributed by atoms with Gasteiger partial charge < -0.3 is 21.1 Å². The van der Waals surface area contributed by atoms with Crippen LogP contribution in [0.15, 0.2) is 18.2 Å². The number of nitrogens with zero attached hydrogens (tertiary/aromatic N) is 1. The van der Waals surface area contributed by atoms with Crippen molar-refractivity contribution in [1.82, 2.24) is 10.2 Å². The molecule has 2 amide bonds. The Hall–Kier alpha value is -2.28. The largest absolute Gasteiger partial charge is 0.494 e. The van der Waals surface area contributed by atoms with Crippen LogP contribution in [0.2, 0.25) is 0 Å². The molecule has 0 aliphatic heterocycles. The lowest BCUT2D eigenvalue weighted by molar-refractivity contribution is -0.124. The molecule has 0 spiro atoms. The third-order valence-corrected chi connectivity index (χ3v) is 3.20. The van der Waals surface area contributed by atoms with Crippen molar-refractivity contribution in [2.45, 2.75) is 13.0 Å². The van der Waals surface area contributed by atoms with Gasteiger partial charge in [-0.3, -0.25) is 14.5 Å². The van der Waals surface area contributed by atoms with Crippen LogP contribution in [0.25, 0.3) is 0 Å². The predicted molar refractivity (Wildman–Crippen MR) is 82.2 cm³/mol. The van der Waals surface area contributed by atoms with Gasteiger partial charge in [-0.2, -0.15) is 0 Å². The number of nitrogen functional groups attached to an aromatic ring is 1. The highest BCUT2D eigenvalue weighted by molar-refractivity contribution is 5.96. The third-order valence-electron chi connectivity index (χ3n) is 3.20. The second kappa shape index (κ2) is 7.49. The van der Waals surface area contributed by atoms with E-state index in [4.69, 9.17) is 10.5 Å². The maximum absolute atomic E-state index is 12.2. The van der Waals surface area contributed by atoms with E-state index in [1.165, 1.54) is 7.11 Å². The van der Waals surface area contributed by atoms with Crippen molar-refractivity contribution in [2.24, 2.45) is 0 Å². The number of rotatable bonds is 6. The molecule has 0 aliphatic carbocycles. The van der Waals surface area contributed by atoms with Crippen molar-refractivity contribution >= 4 is 23.2 Å². The SMILES string of the molecule is CNC(=O)CN(C)C(C)C(=O)Nc1ccc(N)cc1OC. The Morgan fingerprint density at radius 3 is 2.67 bits per heavy atom. The van der Waals surface area contributed by atoms with Crippen LogP contribution in [-0.2, 0) is 9.59 Å². The summed E-state index contributed by atoms with van der Waals surface area (Å²) in [4.78, 5) is 25.2. The second-order valence-electron chi connectivity index (χ2n) is 4.71. The van der Waals surface area contributed by atoms with Crippen molar-refractivity contribution in [3.63, 3.8) is 0 Å². The van der Waals surface area contributed by atoms with E-state index in [1.807, 2.05) is 0 Å². The minimum absolute atomic E-state index is 0.143. The summed E-state index contributed by atoms with van der Waals surface area (Å²) in [5.41, 5.74) is 6.76. The van der Waals surface area contributed by atoms with Crippen LogP contribution in [0.1, 0.15) is 6.92 Å². The average molecular weight is 294 g/mol. The standard InChI is InChI=1S/C14H22N4O3/c1-9(18(3)8-13(19)16-2)14(20)17-11-6-5-10(15)7-12(11)21-4/h5-7,9H,8,15H2,1-4H3,(H,16,19)(H,17,20). The van der Waals surface area contributed by atoms with Gasteiger partial charge in [-0.05, 0) is 26.1 Å². The van der Waals surface area contributed by atoms with Crippen LogP contribution >= 0.6 is 0 Å². The first-order valence-corrected chi connectivity index (χ1v) is 6.54. The van der Waals surface area contributed by atoms with Crippen molar-refractivity contribution < 1.29 is 14.3 Å². The van der Waals surface area contributed by atoms with E-state index in [0.717, 1.165) is 0 Å². The van der Waals surface area contributed by atoms with Gasteiger partial charge in [-0.15, -0.1) is 0 Å². The van der Waals surface area contributed by atoms with Crippen molar-refractivity contribution in [3.8, 4) is 5.75 Å². The fourth-order valence-corrected chi connectivity index (χ4v) is 1.69. The summed E-state index contributed by atoms with van der Waals surface area (Å²) in [6, 6.07) is 4.52. The number of carbonyl (C=O) groups is 2. The highest BCUT2D eigenvalue weighted by atomic mass is 16.5. The molecule has 0 radical (unpaired) electrons. The maximum atomic E-state index is 12.2. The maximum Gasteiger partial charge on any atom is 0.241 e. The molecule has 0 saturated carbocycles. The summed E-state index contributed by atoms with van der Waals surface area (Å²) >= 11 is 0. The van der Waals surface area contributed by atoms with Gasteiger partial charge in [0, 0.05) is 18.8 Å². The number of methoxy groups -OCH3 is 1. The molecular weight excluding hydrogens is 272 g/mol. The van der Waals surface area contributed by atoms with Gasteiger partial charge in [0.1, 0.15) is 5.75 Å². The van der Waals surface area contributed by atoms with Gasteiger partial charge in [0.15, 0.2) is 0 Å². The highest BCUT2D eigenvalue weighted by Crippen LogP contribution is 2.26. The number of hydrogen-bond acceptors (Lipinski definition) is 5. The van der Waals surface area contributed by atoms with E-state index in [2.05, 4.69) is 10.6 Å². The van der Waals surface area contributed by atoms with E-state index in [0.29, 0.717) is 17.1 Å². The molecule has 1 unspecified atom stereocenters. The number of anilines is 2. The zero-order chi connectivity index (χ0) is 16.0. The molecular formula is C14H22N4O3. The molecule has 0 fully saturated rings. The molecule has 1 atom stereocenters. The van der Waals surface area contributed by atoms with Gasteiger partial charge in [0.2, 0.25) is 11.8 Å². The quantitative estimate of drug-likeness (QED) is 0.655. The molecule has 1 rings (SSSR count). The van der Waals surface area contributed by atoms with Crippen LogP contribution in [-0.4, -0.2) is 50.5 Å². The lowest BCUT2D eigenvalue weighted by Crippen LogP contribution is -2.44. The van der Waals surface area contributed by atoms with Crippen LogP contribution in [0, 0.1) is 0 Å². The van der Waals surface area contributed by atoms with Gasteiger partial charge in [-0.1, -0.05) is 0 Å². The molecule has 116 valence electrons. The first kappa shape index (κ1) is 16.8. The third kappa shape index (κ3) is 4.64. The highest BCUT2D eigenvalue weighted by Gasteiger charge is 2.20. The van der Waals surface area contributed by atoms with Crippen molar-refractivity contribution in [1.29, 1.82) is 0 Å². The number of nitrogens with two attached hydrogens (primary N) is 1. The molecule has 0 aromatic heterocycles. The minimum atomic E-state index is -0.468. The smallest absolute Gasteiger partial charge is 0.241 e. The molecule has 1 aromatic carbocycles. The van der Waals surface area contributed by atoms with Crippen molar-refractivity contribution in [2.75, 3.05) is 38.8 Å². The van der Waals surface area contributed by atoms with Crippen LogP contribution in [0.5, 0.6) is 5.75 Å². The minimum Gasteiger partial charge on any atom is -0.494 e. The lowest BCUT2D eigenvalue weighted by Gasteiger charge is -2.23. The average Bonchev–Trinajstić information content (AvgIpc) is 2.47. The molecule has 21 heavy (non-hydrogen) atoms. The summed E-state index contributed by atoms with van der Waals surface area (Å²) in [7, 11) is 4.77. The predicted octanol–water partition coefficient (Wildman–Crippen LogP) is 0.282. The van der Waals surface area contributed by atoms with Crippen molar-refractivity contribution in [3.05, 3.63) is 18.2 Å². The number of likely N-dealkylation sites (N-methyl/N-ethyl adjacent to an activating group) is 2. The lowest BCUT2D eigenvalue weighted by atomic mass is 10.2. The zero-order valence-electron chi connectivity index (χ0n) is 12.8. The summed E-state index contributed by atoms with van der Waals surface area (Å²) in [5.74, 6) is 0.108. The molecule has 0 bridgehead atoms. The zero-order valence-corrected chi connectivity index (χ0v) is 12.8. The van der Waals surface area contributed by atoms with Crippen LogP contribution in [0.3, 0.4) is 0 Å². The Kier molecular flexibility index (Phi) is 5.98. The summed E-state index contributed by atoms with van der Waals surface area (Å²) in [6.45, 7) is 1.87. The normalized spacial score (nSPS) is 11.9. The van der Waals surface area contributed by atoms with Crippen LogP contribution in [0.4, 0.5) is 11.4 Å². The Morgan fingerprint density at radius 2 is 2.10 bits per heavy atom. The summed E-state index contributed by atoms with van der Waals surface area (Å²) in [6.07, 6.45) is 0. The van der Waals surface area contributed by atoms with Crippen LogP contribution < -0.4 is 21.1 Å². The molecule has 0 saturated heterocycles. The van der Waals surface area contributed by atoms with E-state index in [-0.39, 0.29) is 18.4 Å². The Bertz CT molecular complexity index is 519. The number of carbonyl (C=O) groups excluding carboxylic acids is 2. The first-order chi connectivity index (χ1) is 9.88. The number of benzene rings is 1. The molecule has 1 aromatic rings. The first-order valence-electron chi connectivity index (χ1n) is 6.54. The van der Waals surface area contributed by atoms with E-state index < -0.39 is 6.04 Å². The Balaban J connectivity index is 2.74. The second-order valence-corrected chi connectivity index (χ2v) is 4.71. The fourth-order valence-electron chi connectivity index (χ4n) is 1.69. The molecule has 4 N–H and O–H groups in total. The van der Waals surface area contributed by atoms with E-state index in [9.17, 15) is 9.59 Å². The molecule has 7 nitrogen and oxygen atoms in total. The van der Waals surface area contributed by atoms with E-state index >= 15 is 0 Å². The van der Waals surface area contributed by atoms with E-state index in [1.54, 1.807) is 44.1 Å². The fraction of sp³-hybridized carbons (Fsp3) is 0.429. The summed E-state index contributed by atoms with van der Waals surface area (Å²) < 4.78 is 5.18. The number of amides is 2.